The number of hydrogen-bond acceptors (Lipinski definition) is 4. The van der Waals surface area contributed by atoms with Crippen LogP contribution in [0.2, 0.25) is 0 Å². The van der Waals surface area contributed by atoms with Gasteiger partial charge in [0, 0.05) is 18.0 Å². The summed E-state index contributed by atoms with van der Waals surface area (Å²) in [6.07, 6.45) is 2.68. The zero-order chi connectivity index (χ0) is 11.7. The van der Waals surface area contributed by atoms with Crippen molar-refractivity contribution in [1.82, 2.24) is 9.88 Å². The molecule has 1 fully saturated rings. The molecule has 0 radical (unpaired) electrons. The molecule has 0 amide bonds. The topological polar surface area (TPSA) is 42.2 Å². The summed E-state index contributed by atoms with van der Waals surface area (Å²) < 4.78 is 0. The Balaban J connectivity index is 2.05. The normalized spacial score (nSPS) is 20.1. The lowest BCUT2D eigenvalue weighted by atomic mass is 10.1. The number of rotatable bonds is 5. The van der Waals surface area contributed by atoms with Crippen LogP contribution in [-0.4, -0.2) is 29.5 Å². The van der Waals surface area contributed by atoms with Crippen LogP contribution in [0.15, 0.2) is 5.38 Å². The Kier molecular flexibility index (Phi) is 3.62. The summed E-state index contributed by atoms with van der Waals surface area (Å²) in [7, 11) is 2.18. The fourth-order valence-electron chi connectivity index (χ4n) is 2.24. The molecule has 1 aromatic heterocycles. The molecule has 2 rings (SSSR count). The van der Waals surface area contributed by atoms with Crippen molar-refractivity contribution < 1.29 is 0 Å². The van der Waals surface area contributed by atoms with E-state index in [0.717, 1.165) is 17.5 Å². The van der Waals surface area contributed by atoms with E-state index in [-0.39, 0.29) is 0 Å². The highest BCUT2D eigenvalue weighted by Crippen LogP contribution is 2.37. The molecule has 1 heterocycles. The van der Waals surface area contributed by atoms with Gasteiger partial charge < -0.3 is 5.73 Å². The average molecular weight is 239 g/mol. The van der Waals surface area contributed by atoms with Gasteiger partial charge in [0.2, 0.25) is 0 Å². The van der Waals surface area contributed by atoms with E-state index in [2.05, 4.69) is 36.2 Å². The van der Waals surface area contributed by atoms with Gasteiger partial charge in [0.15, 0.2) is 0 Å². The number of aromatic nitrogens is 1. The molecular weight excluding hydrogens is 218 g/mol. The second-order valence-corrected chi connectivity index (χ2v) is 5.84. The van der Waals surface area contributed by atoms with Gasteiger partial charge in [0.05, 0.1) is 16.7 Å². The minimum absolute atomic E-state index is 0.374. The molecule has 0 bridgehead atoms. The average Bonchev–Trinajstić information content (AvgIpc) is 3.00. The monoisotopic (exact) mass is 239 g/mol. The van der Waals surface area contributed by atoms with Crippen LogP contribution in [-0.2, 0) is 0 Å². The number of aryl methyl sites for hydroxylation is 1. The smallest absolute Gasteiger partial charge is 0.0898 e. The largest absolute Gasteiger partial charge is 0.329 e. The van der Waals surface area contributed by atoms with Crippen LogP contribution < -0.4 is 5.73 Å². The van der Waals surface area contributed by atoms with Crippen LogP contribution in [0.25, 0.3) is 0 Å². The fraction of sp³-hybridized carbons (Fsp3) is 0.750. The van der Waals surface area contributed by atoms with Crippen molar-refractivity contribution in [2.45, 2.75) is 38.8 Å². The zero-order valence-corrected chi connectivity index (χ0v) is 11.1. The highest BCUT2D eigenvalue weighted by molar-refractivity contribution is 7.09. The molecule has 16 heavy (non-hydrogen) atoms. The number of nitrogens with zero attached hydrogens (tertiary/aromatic N) is 2. The molecule has 1 aliphatic carbocycles. The predicted octanol–water partition coefficient (Wildman–Crippen LogP) is 2.18. The van der Waals surface area contributed by atoms with Crippen LogP contribution in [0.5, 0.6) is 0 Å². The standard InChI is InChI=1S/C12H21N3S/c1-8(11-7-16-9(2)14-11)15(3)12(6-13)10-4-5-10/h7-8,10,12H,4-6,13H2,1-3H3. The van der Waals surface area contributed by atoms with Crippen molar-refractivity contribution >= 4 is 11.3 Å². The maximum absolute atomic E-state index is 5.88. The van der Waals surface area contributed by atoms with Crippen LogP contribution in [0.1, 0.15) is 36.5 Å². The van der Waals surface area contributed by atoms with Gasteiger partial charge in [0.1, 0.15) is 0 Å². The third kappa shape index (κ3) is 2.44. The van der Waals surface area contributed by atoms with Gasteiger partial charge in [-0.25, -0.2) is 4.98 Å². The molecule has 2 N–H and O–H groups in total. The minimum Gasteiger partial charge on any atom is -0.329 e. The van der Waals surface area contributed by atoms with E-state index in [4.69, 9.17) is 5.73 Å². The van der Waals surface area contributed by atoms with Crippen LogP contribution in [0.3, 0.4) is 0 Å². The van der Waals surface area contributed by atoms with Gasteiger partial charge in [-0.1, -0.05) is 0 Å². The second kappa shape index (κ2) is 4.82. The first-order valence-electron chi connectivity index (χ1n) is 5.97. The van der Waals surface area contributed by atoms with Crippen molar-refractivity contribution in [1.29, 1.82) is 0 Å². The minimum atomic E-state index is 0.374. The maximum atomic E-state index is 5.88. The number of hydrogen-bond donors (Lipinski definition) is 1. The van der Waals surface area contributed by atoms with Crippen LogP contribution in [0, 0.1) is 12.8 Å². The van der Waals surface area contributed by atoms with Crippen LogP contribution >= 0.6 is 11.3 Å². The predicted molar refractivity (Wildman–Crippen MR) is 68.6 cm³/mol. The quantitative estimate of drug-likeness (QED) is 0.856. The fourth-order valence-corrected chi connectivity index (χ4v) is 2.94. The molecule has 0 saturated heterocycles. The molecule has 2 unspecified atom stereocenters. The Morgan fingerprint density at radius 2 is 2.31 bits per heavy atom. The van der Waals surface area contributed by atoms with E-state index in [9.17, 15) is 0 Å². The van der Waals surface area contributed by atoms with Gasteiger partial charge in [-0.15, -0.1) is 11.3 Å². The summed E-state index contributed by atoms with van der Waals surface area (Å²) in [6.45, 7) is 5.04. The number of likely N-dealkylation sites (N-methyl/N-ethyl adjacent to an activating group) is 1. The molecule has 1 aliphatic rings. The second-order valence-electron chi connectivity index (χ2n) is 4.77. The summed E-state index contributed by atoms with van der Waals surface area (Å²) in [5.74, 6) is 0.817. The number of thiazole rings is 1. The van der Waals surface area contributed by atoms with E-state index < -0.39 is 0 Å². The van der Waals surface area contributed by atoms with Crippen molar-refractivity contribution in [2.24, 2.45) is 11.7 Å². The van der Waals surface area contributed by atoms with Gasteiger partial charge in [-0.05, 0) is 39.7 Å². The SMILES string of the molecule is Cc1nc(C(C)N(C)C(CN)C2CC2)cs1. The van der Waals surface area contributed by atoms with E-state index >= 15 is 0 Å². The van der Waals surface area contributed by atoms with Crippen molar-refractivity contribution in [3.63, 3.8) is 0 Å². The molecule has 4 heteroatoms. The molecule has 2 atom stereocenters. The van der Waals surface area contributed by atoms with E-state index in [0.29, 0.717) is 12.1 Å². The Labute approximate surface area is 102 Å². The summed E-state index contributed by atoms with van der Waals surface area (Å²) >= 11 is 1.72. The number of nitrogens with two attached hydrogens (primary N) is 1. The van der Waals surface area contributed by atoms with Gasteiger partial charge in [-0.2, -0.15) is 0 Å². The highest BCUT2D eigenvalue weighted by Gasteiger charge is 2.35. The molecule has 0 aliphatic heterocycles. The Bertz CT molecular complexity index is 346. The van der Waals surface area contributed by atoms with E-state index in [1.165, 1.54) is 18.5 Å². The molecule has 1 aromatic rings. The lowest BCUT2D eigenvalue weighted by molar-refractivity contribution is 0.168. The zero-order valence-electron chi connectivity index (χ0n) is 10.3. The Hall–Kier alpha value is -0.450. The molecule has 3 nitrogen and oxygen atoms in total. The van der Waals surface area contributed by atoms with E-state index in [1.54, 1.807) is 11.3 Å². The maximum Gasteiger partial charge on any atom is 0.0898 e. The van der Waals surface area contributed by atoms with Crippen molar-refractivity contribution in [2.75, 3.05) is 13.6 Å². The highest BCUT2D eigenvalue weighted by atomic mass is 32.1. The molecule has 0 aromatic carbocycles. The first kappa shape index (κ1) is 12.0. The molecular formula is C12H21N3S. The summed E-state index contributed by atoms with van der Waals surface area (Å²) in [5, 5.41) is 3.31. The third-order valence-corrected chi connectivity index (χ3v) is 4.40. The first-order chi connectivity index (χ1) is 7.63. The molecule has 1 saturated carbocycles. The van der Waals surface area contributed by atoms with Crippen molar-refractivity contribution in [3.8, 4) is 0 Å². The van der Waals surface area contributed by atoms with Gasteiger partial charge in [-0.3, -0.25) is 4.90 Å². The Morgan fingerprint density at radius 1 is 1.62 bits per heavy atom. The van der Waals surface area contributed by atoms with Gasteiger partial charge in [0.25, 0.3) is 0 Å². The van der Waals surface area contributed by atoms with Crippen LogP contribution in [0.4, 0.5) is 0 Å². The van der Waals surface area contributed by atoms with E-state index in [1.807, 2.05) is 0 Å². The lowest BCUT2D eigenvalue weighted by Crippen LogP contribution is -2.41. The first-order valence-corrected chi connectivity index (χ1v) is 6.85. The third-order valence-electron chi connectivity index (χ3n) is 3.61. The summed E-state index contributed by atoms with van der Waals surface area (Å²) in [4.78, 5) is 6.96. The van der Waals surface area contributed by atoms with Crippen molar-refractivity contribution in [3.05, 3.63) is 16.1 Å². The summed E-state index contributed by atoms with van der Waals surface area (Å²) in [6, 6.07) is 0.899. The van der Waals surface area contributed by atoms with Gasteiger partial charge >= 0.3 is 0 Å². The lowest BCUT2D eigenvalue weighted by Gasteiger charge is -2.31. The Morgan fingerprint density at radius 3 is 2.75 bits per heavy atom. The summed E-state index contributed by atoms with van der Waals surface area (Å²) in [5.41, 5.74) is 7.06. The molecule has 0 spiro atoms. The molecule has 90 valence electrons.